The zero-order valence-corrected chi connectivity index (χ0v) is 16.9. The lowest BCUT2D eigenvalue weighted by Crippen LogP contribution is -2.27. The molecule has 0 aromatic rings. The predicted molar refractivity (Wildman–Crippen MR) is 105 cm³/mol. The van der Waals surface area contributed by atoms with Crippen molar-refractivity contribution in [2.24, 2.45) is 40.1 Å². The fourth-order valence-electron chi connectivity index (χ4n) is 0.329. The number of amides is 5. The van der Waals surface area contributed by atoms with Crippen LogP contribution in [-0.2, 0) is 24.0 Å². The summed E-state index contributed by atoms with van der Waals surface area (Å²) in [4.78, 5) is 46.1. The van der Waals surface area contributed by atoms with Crippen molar-refractivity contribution >= 4 is 29.5 Å². The van der Waals surface area contributed by atoms with Crippen molar-refractivity contribution < 1.29 is 24.0 Å². The fraction of sp³-hybridized carbons (Fsp3) is 0.643. The lowest BCUT2D eigenvalue weighted by atomic mass is 10.6. The molecule has 0 aromatic heterocycles. The molecule has 164 valence electrons. The number of carbonyl (C=O) groups excluding carboxylic acids is 5. The molecule has 0 unspecified atom stereocenters. The average molecular weight is 399 g/mol. The molecule has 0 spiro atoms. The van der Waals surface area contributed by atoms with Gasteiger partial charge in [0.1, 0.15) is 0 Å². The van der Waals surface area contributed by atoms with Gasteiger partial charge in [0.2, 0.25) is 29.5 Å². The first-order valence-electron chi connectivity index (χ1n) is 7.49. The standard InChI is InChI=1S/C4H13N3.5C2H5NO/c5-1-3-7-4-2-6;5*1-2(3)4/h7H,1-6H2;5*1H3,(H2,3,4). The van der Waals surface area contributed by atoms with Crippen LogP contribution in [-0.4, -0.2) is 55.7 Å². The molecule has 5 amide bonds. The molecule has 0 atom stereocenters. The highest BCUT2D eigenvalue weighted by Gasteiger charge is 1.76. The predicted octanol–water partition coefficient (Wildman–Crippen LogP) is -4.05. The molecule has 0 aliphatic heterocycles. The van der Waals surface area contributed by atoms with Crippen LogP contribution in [0.1, 0.15) is 34.6 Å². The van der Waals surface area contributed by atoms with Crippen molar-refractivity contribution in [3.05, 3.63) is 0 Å². The Morgan fingerprint density at radius 2 is 0.630 bits per heavy atom. The molecule has 0 rings (SSSR count). The van der Waals surface area contributed by atoms with E-state index < -0.39 is 0 Å². The van der Waals surface area contributed by atoms with Crippen LogP contribution in [0.4, 0.5) is 0 Å². The lowest BCUT2D eigenvalue weighted by molar-refractivity contribution is -0.116. The van der Waals surface area contributed by atoms with Crippen LogP contribution >= 0.6 is 0 Å². The summed E-state index contributed by atoms with van der Waals surface area (Å²) in [6, 6.07) is 0. The van der Waals surface area contributed by atoms with Gasteiger partial charge >= 0.3 is 0 Å². The highest BCUT2D eigenvalue weighted by molar-refractivity contribution is 5.71. The molecule has 13 heteroatoms. The van der Waals surface area contributed by atoms with Crippen LogP contribution in [0.2, 0.25) is 0 Å². The quantitative estimate of drug-likeness (QED) is 0.215. The normalized spacial score (nSPS) is 7.07. The van der Waals surface area contributed by atoms with Crippen molar-refractivity contribution in [3.63, 3.8) is 0 Å². The number of hydrogen-bond acceptors (Lipinski definition) is 8. The minimum atomic E-state index is -0.333. The molecule has 0 aliphatic carbocycles. The van der Waals surface area contributed by atoms with Gasteiger partial charge in [0.05, 0.1) is 0 Å². The molecule has 0 aromatic carbocycles. The number of nitrogens with one attached hydrogen (secondary N) is 1. The Labute approximate surface area is 160 Å². The summed E-state index contributed by atoms with van der Waals surface area (Å²) in [5.41, 5.74) is 32.7. The summed E-state index contributed by atoms with van der Waals surface area (Å²) in [6.45, 7) is 9.66. The molecule has 0 radical (unpaired) electrons. The third-order valence-electron chi connectivity index (χ3n) is 0.642. The Morgan fingerprint density at radius 1 is 0.519 bits per heavy atom. The third-order valence-corrected chi connectivity index (χ3v) is 0.642. The maximum Gasteiger partial charge on any atom is 0.214 e. The Hall–Kier alpha value is -2.77. The molecule has 27 heavy (non-hydrogen) atoms. The maximum atomic E-state index is 9.22. The van der Waals surface area contributed by atoms with Crippen LogP contribution in [0, 0.1) is 0 Å². The van der Waals surface area contributed by atoms with E-state index >= 15 is 0 Å². The first-order valence-corrected chi connectivity index (χ1v) is 7.49. The zero-order chi connectivity index (χ0) is 23.4. The van der Waals surface area contributed by atoms with Gasteiger partial charge in [-0.05, 0) is 0 Å². The summed E-state index contributed by atoms with van der Waals surface area (Å²) in [7, 11) is 0. The monoisotopic (exact) mass is 398 g/mol. The second-order valence-electron chi connectivity index (χ2n) is 4.38. The topological polar surface area (TPSA) is 280 Å². The number of hydrogen-bond donors (Lipinski definition) is 8. The molecule has 0 saturated carbocycles. The highest BCUT2D eigenvalue weighted by Crippen LogP contribution is 1.49. The Balaban J connectivity index is -0.0000000500. The summed E-state index contributed by atoms with van der Waals surface area (Å²) in [5, 5.41) is 3.03. The van der Waals surface area contributed by atoms with Crippen LogP contribution in [0.15, 0.2) is 0 Å². The van der Waals surface area contributed by atoms with E-state index in [-0.39, 0.29) is 29.5 Å². The second kappa shape index (κ2) is 38.7. The van der Waals surface area contributed by atoms with E-state index in [1.807, 2.05) is 0 Å². The second-order valence-corrected chi connectivity index (χ2v) is 4.38. The average Bonchev–Trinajstić information content (AvgIpc) is 2.35. The molecule has 0 heterocycles. The van der Waals surface area contributed by atoms with Crippen LogP contribution in [0.3, 0.4) is 0 Å². The highest BCUT2D eigenvalue weighted by atomic mass is 16.2. The molecular formula is C14H38N8O5. The van der Waals surface area contributed by atoms with Crippen LogP contribution in [0.25, 0.3) is 0 Å². The van der Waals surface area contributed by atoms with Crippen LogP contribution in [0.5, 0.6) is 0 Å². The van der Waals surface area contributed by atoms with E-state index in [0.717, 1.165) is 13.1 Å². The fourth-order valence-corrected chi connectivity index (χ4v) is 0.329. The van der Waals surface area contributed by atoms with E-state index in [0.29, 0.717) is 13.1 Å². The summed E-state index contributed by atoms with van der Waals surface area (Å²) in [5.74, 6) is -1.67. The first-order chi connectivity index (χ1) is 12.1. The van der Waals surface area contributed by atoms with Gasteiger partial charge < -0.3 is 45.5 Å². The SMILES string of the molecule is CC(N)=O.CC(N)=O.CC(N)=O.CC(N)=O.CC(N)=O.NCCNCCN. The van der Waals surface area contributed by atoms with E-state index in [2.05, 4.69) is 34.0 Å². The van der Waals surface area contributed by atoms with E-state index in [1.54, 1.807) is 0 Å². The number of rotatable bonds is 4. The van der Waals surface area contributed by atoms with Gasteiger partial charge in [-0.2, -0.15) is 0 Å². The lowest BCUT2D eigenvalue weighted by Gasteiger charge is -1.95. The minimum absolute atomic E-state index is 0.333. The van der Waals surface area contributed by atoms with E-state index in [9.17, 15) is 24.0 Å². The van der Waals surface area contributed by atoms with E-state index in [4.69, 9.17) is 11.5 Å². The van der Waals surface area contributed by atoms with Crippen molar-refractivity contribution in [1.82, 2.24) is 5.32 Å². The summed E-state index contributed by atoms with van der Waals surface area (Å²) >= 11 is 0. The summed E-state index contributed by atoms with van der Waals surface area (Å²) < 4.78 is 0. The molecule has 13 nitrogen and oxygen atoms in total. The molecule has 0 bridgehead atoms. The van der Waals surface area contributed by atoms with Crippen molar-refractivity contribution in [2.75, 3.05) is 26.2 Å². The third kappa shape index (κ3) is 6920. The van der Waals surface area contributed by atoms with Crippen molar-refractivity contribution in [1.29, 1.82) is 0 Å². The smallest absolute Gasteiger partial charge is 0.214 e. The van der Waals surface area contributed by atoms with Crippen molar-refractivity contribution in [3.8, 4) is 0 Å². The van der Waals surface area contributed by atoms with Gasteiger partial charge in [-0.1, -0.05) is 0 Å². The Morgan fingerprint density at radius 3 is 0.704 bits per heavy atom. The molecule has 0 fully saturated rings. The van der Waals surface area contributed by atoms with Gasteiger partial charge in [-0.25, -0.2) is 0 Å². The van der Waals surface area contributed by atoms with E-state index in [1.165, 1.54) is 34.6 Å². The van der Waals surface area contributed by atoms with Gasteiger partial charge in [0, 0.05) is 60.8 Å². The molecule has 15 N–H and O–H groups in total. The van der Waals surface area contributed by atoms with Gasteiger partial charge in [0.15, 0.2) is 0 Å². The largest absolute Gasteiger partial charge is 0.370 e. The molecule has 0 saturated heterocycles. The first kappa shape index (κ1) is 39.3. The minimum Gasteiger partial charge on any atom is -0.370 e. The number of primary amides is 5. The Bertz CT molecular complexity index is 285. The maximum absolute atomic E-state index is 9.22. The zero-order valence-electron chi connectivity index (χ0n) is 16.9. The number of nitrogens with two attached hydrogens (primary N) is 7. The molecule has 0 aliphatic rings. The molecular weight excluding hydrogens is 360 g/mol. The Kier molecular flexibility index (Phi) is 56.3. The van der Waals surface area contributed by atoms with Gasteiger partial charge in [0.25, 0.3) is 0 Å². The van der Waals surface area contributed by atoms with Gasteiger partial charge in [-0.15, -0.1) is 0 Å². The van der Waals surface area contributed by atoms with Crippen LogP contribution < -0.4 is 45.5 Å². The number of carbonyl (C=O) groups is 5. The summed E-state index contributed by atoms with van der Waals surface area (Å²) in [6.07, 6.45) is 0. The van der Waals surface area contributed by atoms with Gasteiger partial charge in [-0.3, -0.25) is 24.0 Å². The van der Waals surface area contributed by atoms with Crippen molar-refractivity contribution in [2.45, 2.75) is 34.6 Å².